The van der Waals surface area contributed by atoms with Crippen LogP contribution in [0.15, 0.2) is 18.3 Å². The van der Waals surface area contributed by atoms with Gasteiger partial charge in [0.25, 0.3) is 0 Å². The lowest BCUT2D eigenvalue weighted by Crippen LogP contribution is -2.33. The van der Waals surface area contributed by atoms with Crippen molar-refractivity contribution in [3.8, 4) is 0 Å². The van der Waals surface area contributed by atoms with E-state index in [9.17, 15) is 18.0 Å². The maximum Gasteiger partial charge on any atom is 0.416 e. The summed E-state index contributed by atoms with van der Waals surface area (Å²) >= 11 is 0. The predicted octanol–water partition coefficient (Wildman–Crippen LogP) is 1.61. The summed E-state index contributed by atoms with van der Waals surface area (Å²) in [4.78, 5) is 14.7. The number of carboxylic acid groups (broad SMARTS) is 1. The van der Waals surface area contributed by atoms with Gasteiger partial charge in [0.2, 0.25) is 0 Å². The Bertz CT molecular complexity index is 478. The van der Waals surface area contributed by atoms with Gasteiger partial charge in [-0.25, -0.2) is 4.98 Å². The molecular formula is C11H11F3N2O3. The first-order chi connectivity index (χ1) is 8.88. The molecule has 2 unspecified atom stereocenters. The Balaban J connectivity index is 2.13. The fourth-order valence-electron chi connectivity index (χ4n) is 1.82. The molecular weight excluding hydrogens is 265 g/mol. The fraction of sp³-hybridized carbons (Fsp3) is 0.455. The number of anilines is 1. The third-order valence-electron chi connectivity index (χ3n) is 2.82. The molecule has 0 aromatic carbocycles. The number of halogens is 3. The molecule has 1 aliphatic rings. The van der Waals surface area contributed by atoms with Gasteiger partial charge in [0.15, 0.2) is 0 Å². The number of nitrogens with one attached hydrogen (secondary N) is 1. The molecule has 104 valence electrons. The van der Waals surface area contributed by atoms with Crippen molar-refractivity contribution in [2.24, 2.45) is 5.92 Å². The van der Waals surface area contributed by atoms with Crippen LogP contribution in [0.25, 0.3) is 0 Å². The number of carboxylic acids is 1. The van der Waals surface area contributed by atoms with Crippen LogP contribution in [-0.2, 0) is 15.7 Å². The molecule has 0 spiro atoms. The first kappa shape index (κ1) is 13.6. The van der Waals surface area contributed by atoms with E-state index in [2.05, 4.69) is 10.3 Å². The van der Waals surface area contributed by atoms with Crippen LogP contribution in [0.1, 0.15) is 5.56 Å². The molecule has 2 N–H and O–H groups in total. The third kappa shape index (κ3) is 3.14. The molecule has 1 saturated heterocycles. The highest BCUT2D eigenvalue weighted by Crippen LogP contribution is 2.30. The van der Waals surface area contributed by atoms with Crippen LogP contribution < -0.4 is 5.32 Å². The monoisotopic (exact) mass is 276 g/mol. The number of hydrogen-bond acceptors (Lipinski definition) is 4. The summed E-state index contributed by atoms with van der Waals surface area (Å²) in [5.41, 5.74) is -0.837. The van der Waals surface area contributed by atoms with Crippen molar-refractivity contribution < 1.29 is 27.8 Å². The zero-order chi connectivity index (χ0) is 14.0. The molecule has 19 heavy (non-hydrogen) atoms. The van der Waals surface area contributed by atoms with Crippen molar-refractivity contribution in [1.29, 1.82) is 0 Å². The molecule has 2 atom stereocenters. The van der Waals surface area contributed by atoms with Crippen molar-refractivity contribution in [2.45, 2.75) is 12.2 Å². The Morgan fingerprint density at radius 2 is 2.21 bits per heavy atom. The molecule has 0 radical (unpaired) electrons. The smallest absolute Gasteiger partial charge is 0.416 e. The highest BCUT2D eigenvalue weighted by molar-refractivity contribution is 5.72. The molecule has 1 aliphatic heterocycles. The van der Waals surface area contributed by atoms with E-state index in [1.807, 2.05) is 0 Å². The highest BCUT2D eigenvalue weighted by atomic mass is 19.4. The maximum absolute atomic E-state index is 12.5. The number of aromatic nitrogens is 1. The molecule has 0 saturated carbocycles. The minimum Gasteiger partial charge on any atom is -0.481 e. The van der Waals surface area contributed by atoms with Gasteiger partial charge in [-0.05, 0) is 12.1 Å². The van der Waals surface area contributed by atoms with Crippen LogP contribution in [0.4, 0.5) is 19.0 Å². The van der Waals surface area contributed by atoms with Crippen molar-refractivity contribution in [2.75, 3.05) is 18.5 Å². The highest BCUT2D eigenvalue weighted by Gasteiger charge is 2.35. The van der Waals surface area contributed by atoms with Gasteiger partial charge < -0.3 is 15.2 Å². The summed E-state index contributed by atoms with van der Waals surface area (Å²) in [6, 6.07) is 1.11. The van der Waals surface area contributed by atoms with Crippen LogP contribution in [0, 0.1) is 5.92 Å². The Morgan fingerprint density at radius 3 is 2.84 bits per heavy atom. The van der Waals surface area contributed by atoms with Gasteiger partial charge in [0.1, 0.15) is 11.7 Å². The standard InChI is InChI=1S/C11H11F3N2O3/c12-11(13,14)6-1-2-15-9(3-6)16-8-5-19-4-7(8)10(17)18/h1-3,7-8H,4-5H2,(H,15,16)(H,17,18). The molecule has 2 rings (SSSR count). The Kier molecular flexibility index (Phi) is 3.61. The largest absolute Gasteiger partial charge is 0.481 e. The zero-order valence-corrected chi connectivity index (χ0v) is 9.65. The molecule has 1 fully saturated rings. The van der Waals surface area contributed by atoms with Crippen LogP contribution in [0.3, 0.4) is 0 Å². The van der Waals surface area contributed by atoms with Crippen molar-refractivity contribution in [1.82, 2.24) is 4.98 Å². The van der Waals surface area contributed by atoms with Gasteiger partial charge in [0.05, 0.1) is 24.8 Å². The molecule has 5 nitrogen and oxygen atoms in total. The lowest BCUT2D eigenvalue weighted by atomic mass is 10.0. The van der Waals surface area contributed by atoms with Crippen LogP contribution >= 0.6 is 0 Å². The van der Waals surface area contributed by atoms with E-state index in [-0.39, 0.29) is 19.0 Å². The Hall–Kier alpha value is -1.83. The molecule has 0 bridgehead atoms. The molecule has 0 aliphatic carbocycles. The summed E-state index contributed by atoms with van der Waals surface area (Å²) in [6.07, 6.45) is -3.44. The lowest BCUT2D eigenvalue weighted by Gasteiger charge is -2.17. The average Bonchev–Trinajstić information content (AvgIpc) is 2.76. The zero-order valence-electron chi connectivity index (χ0n) is 9.65. The first-order valence-corrected chi connectivity index (χ1v) is 5.48. The summed E-state index contributed by atoms with van der Waals surface area (Å²) in [7, 11) is 0. The molecule has 2 heterocycles. The molecule has 0 amide bonds. The van der Waals surface area contributed by atoms with Crippen LogP contribution in [0.5, 0.6) is 0 Å². The number of carbonyl (C=O) groups is 1. The average molecular weight is 276 g/mol. The quantitative estimate of drug-likeness (QED) is 0.877. The number of alkyl halides is 3. The normalized spacial score (nSPS) is 23.3. The van der Waals surface area contributed by atoms with Gasteiger partial charge in [-0.15, -0.1) is 0 Å². The van der Waals surface area contributed by atoms with Crippen molar-refractivity contribution in [3.63, 3.8) is 0 Å². The van der Waals surface area contributed by atoms with Gasteiger partial charge in [0, 0.05) is 6.20 Å². The third-order valence-corrected chi connectivity index (χ3v) is 2.82. The number of pyridine rings is 1. The van der Waals surface area contributed by atoms with E-state index < -0.39 is 29.7 Å². The van der Waals surface area contributed by atoms with Crippen LogP contribution in [0.2, 0.25) is 0 Å². The first-order valence-electron chi connectivity index (χ1n) is 5.48. The van der Waals surface area contributed by atoms with E-state index in [0.717, 1.165) is 18.3 Å². The van der Waals surface area contributed by atoms with E-state index in [0.29, 0.717) is 0 Å². The second-order valence-electron chi connectivity index (χ2n) is 4.16. The van der Waals surface area contributed by atoms with Crippen molar-refractivity contribution >= 4 is 11.8 Å². The summed E-state index contributed by atoms with van der Waals surface area (Å²) in [6.45, 7) is 0.154. The fourth-order valence-corrected chi connectivity index (χ4v) is 1.82. The minimum atomic E-state index is -4.46. The van der Waals surface area contributed by atoms with E-state index in [4.69, 9.17) is 9.84 Å². The molecule has 1 aromatic rings. The summed E-state index contributed by atoms with van der Waals surface area (Å²) in [5.74, 6) is -1.87. The second kappa shape index (κ2) is 5.04. The summed E-state index contributed by atoms with van der Waals surface area (Å²) < 4.78 is 42.5. The number of nitrogens with zero attached hydrogens (tertiary/aromatic N) is 1. The second-order valence-corrected chi connectivity index (χ2v) is 4.16. The maximum atomic E-state index is 12.5. The molecule has 1 aromatic heterocycles. The number of rotatable bonds is 3. The van der Waals surface area contributed by atoms with Crippen molar-refractivity contribution in [3.05, 3.63) is 23.9 Å². The minimum absolute atomic E-state index is 0.0171. The predicted molar refractivity (Wildman–Crippen MR) is 58.6 cm³/mol. The van der Waals surface area contributed by atoms with E-state index in [1.165, 1.54) is 0 Å². The lowest BCUT2D eigenvalue weighted by molar-refractivity contribution is -0.142. The Morgan fingerprint density at radius 1 is 1.47 bits per heavy atom. The van der Waals surface area contributed by atoms with Gasteiger partial charge in [-0.3, -0.25) is 4.79 Å². The Labute approximate surface area is 106 Å². The molecule has 8 heteroatoms. The number of aliphatic carboxylic acids is 1. The van der Waals surface area contributed by atoms with Gasteiger partial charge in [-0.1, -0.05) is 0 Å². The van der Waals surface area contributed by atoms with Crippen LogP contribution in [-0.4, -0.2) is 35.3 Å². The van der Waals surface area contributed by atoms with E-state index >= 15 is 0 Å². The van der Waals surface area contributed by atoms with Gasteiger partial charge in [-0.2, -0.15) is 13.2 Å². The van der Waals surface area contributed by atoms with Gasteiger partial charge >= 0.3 is 12.1 Å². The van der Waals surface area contributed by atoms with E-state index in [1.54, 1.807) is 0 Å². The summed E-state index contributed by atoms with van der Waals surface area (Å²) in [5, 5.41) is 11.6. The topological polar surface area (TPSA) is 71.5 Å². The SMILES string of the molecule is O=C(O)C1COCC1Nc1cc(C(F)(F)F)ccn1. The number of hydrogen-bond donors (Lipinski definition) is 2. The number of ether oxygens (including phenoxy) is 1.